The molecule has 4 heteroatoms. The number of nitrogens with one attached hydrogen (secondary N) is 1. The van der Waals surface area contributed by atoms with Crippen LogP contribution in [-0.2, 0) is 6.54 Å². The van der Waals surface area contributed by atoms with Gasteiger partial charge in [0.25, 0.3) is 0 Å². The molecule has 1 atom stereocenters. The Morgan fingerprint density at radius 2 is 2.05 bits per heavy atom. The summed E-state index contributed by atoms with van der Waals surface area (Å²) in [7, 11) is 0. The minimum atomic E-state index is 0.256. The maximum absolute atomic E-state index is 9.75. The third-order valence-corrected chi connectivity index (χ3v) is 5.09. The van der Waals surface area contributed by atoms with E-state index in [1.807, 2.05) is 0 Å². The summed E-state index contributed by atoms with van der Waals surface area (Å²) in [6.45, 7) is 2.24. The molecule has 21 heavy (non-hydrogen) atoms. The van der Waals surface area contributed by atoms with Crippen LogP contribution in [0.4, 0.5) is 5.69 Å². The monoisotopic (exact) mass is 352 g/mol. The normalized spacial score (nSPS) is 23.1. The maximum atomic E-state index is 9.75. The maximum Gasteiger partial charge on any atom is 0.0635 e. The van der Waals surface area contributed by atoms with Crippen molar-refractivity contribution in [2.75, 3.05) is 18.1 Å². The van der Waals surface area contributed by atoms with Gasteiger partial charge < -0.3 is 15.3 Å². The number of benzene rings is 1. The molecule has 0 amide bonds. The number of aliphatic hydroxyl groups is 1. The van der Waals surface area contributed by atoms with Crippen molar-refractivity contribution in [3.8, 4) is 0 Å². The molecule has 0 spiro atoms. The van der Waals surface area contributed by atoms with E-state index in [-0.39, 0.29) is 12.6 Å². The first-order chi connectivity index (χ1) is 10.3. The molecule has 1 aliphatic carbocycles. The molecule has 2 fully saturated rings. The topological polar surface area (TPSA) is 35.5 Å². The standard InChI is InChI=1S/C17H25BrN2O/c18-14-5-8-17(13(10-14)11-19-15-6-7-15)20-9-3-1-2-4-16(20)12-21/h5,8,10,15-16,19,21H,1-4,6-7,9,11-12H2. The number of nitrogens with zero attached hydrogens (tertiary/aromatic N) is 1. The summed E-state index contributed by atoms with van der Waals surface area (Å²) >= 11 is 3.59. The van der Waals surface area contributed by atoms with E-state index in [1.165, 1.54) is 43.4 Å². The fourth-order valence-corrected chi connectivity index (χ4v) is 3.61. The second kappa shape index (κ2) is 7.12. The third-order valence-electron chi connectivity index (χ3n) is 4.60. The van der Waals surface area contributed by atoms with E-state index in [9.17, 15) is 5.11 Å². The Bertz CT molecular complexity index is 476. The van der Waals surface area contributed by atoms with Crippen LogP contribution in [0.25, 0.3) is 0 Å². The van der Waals surface area contributed by atoms with Crippen LogP contribution >= 0.6 is 15.9 Å². The summed E-state index contributed by atoms with van der Waals surface area (Å²) in [6, 6.07) is 7.55. The van der Waals surface area contributed by atoms with Gasteiger partial charge in [-0.05, 0) is 49.4 Å². The average Bonchev–Trinajstić information content (AvgIpc) is 3.32. The Kier molecular flexibility index (Phi) is 5.19. The van der Waals surface area contributed by atoms with Crippen molar-refractivity contribution in [3.63, 3.8) is 0 Å². The van der Waals surface area contributed by atoms with Gasteiger partial charge >= 0.3 is 0 Å². The zero-order valence-electron chi connectivity index (χ0n) is 12.5. The number of anilines is 1. The molecule has 1 saturated heterocycles. The van der Waals surface area contributed by atoms with Crippen LogP contribution in [-0.4, -0.2) is 30.3 Å². The van der Waals surface area contributed by atoms with E-state index >= 15 is 0 Å². The molecule has 2 N–H and O–H groups in total. The van der Waals surface area contributed by atoms with Crippen molar-refractivity contribution in [2.45, 2.75) is 57.2 Å². The van der Waals surface area contributed by atoms with Crippen molar-refractivity contribution in [2.24, 2.45) is 0 Å². The SMILES string of the molecule is OCC1CCCCCN1c1ccc(Br)cc1CNC1CC1. The fraction of sp³-hybridized carbons (Fsp3) is 0.647. The van der Waals surface area contributed by atoms with Crippen molar-refractivity contribution in [1.82, 2.24) is 5.32 Å². The Morgan fingerprint density at radius 1 is 1.19 bits per heavy atom. The molecule has 1 saturated carbocycles. The smallest absolute Gasteiger partial charge is 0.0635 e. The van der Waals surface area contributed by atoms with Gasteiger partial charge in [0, 0.05) is 29.3 Å². The lowest BCUT2D eigenvalue weighted by atomic mass is 10.1. The van der Waals surface area contributed by atoms with Gasteiger partial charge in [-0.25, -0.2) is 0 Å². The molecule has 1 heterocycles. The molecule has 2 aliphatic rings. The van der Waals surface area contributed by atoms with Gasteiger partial charge in [-0.15, -0.1) is 0 Å². The highest BCUT2D eigenvalue weighted by Gasteiger charge is 2.24. The highest BCUT2D eigenvalue weighted by molar-refractivity contribution is 9.10. The lowest BCUT2D eigenvalue weighted by Crippen LogP contribution is -2.38. The van der Waals surface area contributed by atoms with Crippen LogP contribution < -0.4 is 10.2 Å². The van der Waals surface area contributed by atoms with Crippen LogP contribution in [0.3, 0.4) is 0 Å². The van der Waals surface area contributed by atoms with E-state index in [4.69, 9.17) is 0 Å². The summed E-state index contributed by atoms with van der Waals surface area (Å²) in [5.41, 5.74) is 2.64. The molecule has 1 aliphatic heterocycles. The Hall–Kier alpha value is -0.580. The van der Waals surface area contributed by atoms with Crippen LogP contribution in [0, 0.1) is 0 Å². The third kappa shape index (κ3) is 3.99. The average molecular weight is 353 g/mol. The lowest BCUT2D eigenvalue weighted by Gasteiger charge is -2.32. The van der Waals surface area contributed by atoms with Crippen molar-refractivity contribution < 1.29 is 5.11 Å². The zero-order chi connectivity index (χ0) is 14.7. The van der Waals surface area contributed by atoms with Gasteiger partial charge in [-0.3, -0.25) is 0 Å². The quantitative estimate of drug-likeness (QED) is 0.851. The van der Waals surface area contributed by atoms with E-state index < -0.39 is 0 Å². The molecule has 116 valence electrons. The number of aliphatic hydroxyl groups excluding tert-OH is 1. The molecule has 1 aromatic rings. The van der Waals surface area contributed by atoms with E-state index in [0.29, 0.717) is 0 Å². The van der Waals surface area contributed by atoms with Crippen molar-refractivity contribution in [1.29, 1.82) is 0 Å². The second-order valence-electron chi connectivity index (χ2n) is 6.31. The van der Waals surface area contributed by atoms with Gasteiger partial charge in [0.2, 0.25) is 0 Å². The van der Waals surface area contributed by atoms with Gasteiger partial charge in [-0.2, -0.15) is 0 Å². The Morgan fingerprint density at radius 3 is 2.81 bits per heavy atom. The first-order valence-electron chi connectivity index (χ1n) is 8.17. The van der Waals surface area contributed by atoms with Crippen LogP contribution in [0.15, 0.2) is 22.7 Å². The summed E-state index contributed by atoms with van der Waals surface area (Å²) in [6.07, 6.45) is 7.45. The molecule has 3 rings (SSSR count). The van der Waals surface area contributed by atoms with Crippen LogP contribution in [0.5, 0.6) is 0 Å². The lowest BCUT2D eigenvalue weighted by molar-refractivity contribution is 0.255. The van der Waals surface area contributed by atoms with Crippen molar-refractivity contribution in [3.05, 3.63) is 28.2 Å². The first-order valence-corrected chi connectivity index (χ1v) is 8.96. The fourth-order valence-electron chi connectivity index (χ4n) is 3.20. The van der Waals surface area contributed by atoms with Gasteiger partial charge in [0.15, 0.2) is 0 Å². The largest absolute Gasteiger partial charge is 0.394 e. The van der Waals surface area contributed by atoms with Crippen LogP contribution in [0.2, 0.25) is 0 Å². The second-order valence-corrected chi connectivity index (χ2v) is 7.22. The zero-order valence-corrected chi connectivity index (χ0v) is 14.1. The highest BCUT2D eigenvalue weighted by Crippen LogP contribution is 2.30. The molecule has 0 aromatic heterocycles. The van der Waals surface area contributed by atoms with Crippen molar-refractivity contribution >= 4 is 21.6 Å². The van der Waals surface area contributed by atoms with Gasteiger partial charge in [0.05, 0.1) is 12.6 Å². The summed E-state index contributed by atoms with van der Waals surface area (Å²) < 4.78 is 1.13. The molecular weight excluding hydrogens is 328 g/mol. The Balaban J connectivity index is 1.83. The van der Waals surface area contributed by atoms with Gasteiger partial charge in [-0.1, -0.05) is 28.8 Å². The first kappa shape index (κ1) is 15.3. The number of rotatable bonds is 5. The highest BCUT2D eigenvalue weighted by atomic mass is 79.9. The summed E-state index contributed by atoms with van der Waals surface area (Å²) in [5.74, 6) is 0. The minimum absolute atomic E-state index is 0.256. The minimum Gasteiger partial charge on any atom is -0.394 e. The molecule has 1 unspecified atom stereocenters. The predicted octanol–water partition coefficient (Wildman–Crippen LogP) is 3.44. The molecule has 1 aromatic carbocycles. The predicted molar refractivity (Wildman–Crippen MR) is 90.7 cm³/mol. The van der Waals surface area contributed by atoms with Gasteiger partial charge in [0.1, 0.15) is 0 Å². The van der Waals surface area contributed by atoms with E-state index in [2.05, 4.69) is 44.3 Å². The molecule has 3 nitrogen and oxygen atoms in total. The molecular formula is C17H25BrN2O. The van der Waals surface area contributed by atoms with Crippen LogP contribution in [0.1, 0.15) is 44.1 Å². The van der Waals surface area contributed by atoms with E-state index in [0.717, 1.165) is 30.0 Å². The molecule has 0 radical (unpaired) electrons. The summed E-state index contributed by atoms with van der Waals surface area (Å²) in [4.78, 5) is 2.43. The number of halogens is 1. The molecule has 0 bridgehead atoms. The number of hydrogen-bond acceptors (Lipinski definition) is 3. The Labute approximate surface area is 135 Å². The number of hydrogen-bond donors (Lipinski definition) is 2. The van der Waals surface area contributed by atoms with E-state index in [1.54, 1.807) is 0 Å². The summed E-state index contributed by atoms with van der Waals surface area (Å²) in [5, 5.41) is 13.4.